The van der Waals surface area contributed by atoms with Crippen molar-refractivity contribution in [2.24, 2.45) is 5.92 Å². The topological polar surface area (TPSA) is 87.7 Å². The molecule has 0 spiro atoms. The van der Waals surface area contributed by atoms with Gasteiger partial charge < -0.3 is 20.5 Å². The van der Waals surface area contributed by atoms with Gasteiger partial charge in [-0.25, -0.2) is 9.59 Å². The van der Waals surface area contributed by atoms with Gasteiger partial charge in [0.15, 0.2) is 0 Å². The second kappa shape index (κ2) is 14.1. The Morgan fingerprint density at radius 3 is 1.66 bits per heavy atom. The van der Waals surface area contributed by atoms with Crippen LogP contribution in [-0.2, 0) is 9.53 Å². The summed E-state index contributed by atoms with van der Waals surface area (Å²) >= 11 is 0. The molecule has 1 amide bonds. The molecule has 0 heterocycles. The first kappa shape index (κ1) is 26.9. The number of alkyl carbamates (subject to hydrolysis) is 1. The van der Waals surface area contributed by atoms with Crippen molar-refractivity contribution in [2.45, 2.75) is 147 Å². The summed E-state index contributed by atoms with van der Waals surface area (Å²) in [6, 6.07) is 0.895. The fraction of sp³-hybridized carbons (Fsp3) is 0.923. The average Bonchev–Trinajstić information content (AvgIpc) is 2.75. The van der Waals surface area contributed by atoms with Gasteiger partial charge in [0.25, 0.3) is 0 Å². The van der Waals surface area contributed by atoms with Gasteiger partial charge in [0.1, 0.15) is 11.6 Å². The normalized spacial score (nSPS) is 22.3. The van der Waals surface area contributed by atoms with Gasteiger partial charge in [0.05, 0.1) is 0 Å². The predicted molar refractivity (Wildman–Crippen MR) is 129 cm³/mol. The lowest BCUT2D eigenvalue weighted by atomic mass is 9.85. The predicted octanol–water partition coefficient (Wildman–Crippen LogP) is 6.18. The number of aliphatic carboxylic acids is 1. The van der Waals surface area contributed by atoms with Crippen molar-refractivity contribution in [2.75, 3.05) is 0 Å². The third-order valence-corrected chi connectivity index (χ3v) is 6.96. The highest BCUT2D eigenvalue weighted by Gasteiger charge is 2.27. The minimum atomic E-state index is -0.989. The minimum absolute atomic E-state index is 0.393. The smallest absolute Gasteiger partial charge is 0.408 e. The number of carboxylic acids is 1. The first-order chi connectivity index (χ1) is 15.2. The lowest BCUT2D eigenvalue weighted by Crippen LogP contribution is -2.44. The molecule has 3 N–H and O–H groups in total. The van der Waals surface area contributed by atoms with Gasteiger partial charge in [-0.2, -0.15) is 0 Å². The number of carbonyl (C=O) groups is 2. The first-order valence-electron chi connectivity index (χ1n) is 13.2. The van der Waals surface area contributed by atoms with Gasteiger partial charge in [0.2, 0.25) is 0 Å². The van der Waals surface area contributed by atoms with Crippen molar-refractivity contribution < 1.29 is 19.4 Å². The number of carbonyl (C=O) groups excluding carboxylic acids is 1. The molecule has 0 saturated heterocycles. The average molecular weight is 453 g/mol. The highest BCUT2D eigenvalue weighted by Crippen LogP contribution is 2.27. The van der Waals surface area contributed by atoms with Gasteiger partial charge in [-0.05, 0) is 58.8 Å². The molecular formula is C26H48N2O4. The van der Waals surface area contributed by atoms with Crippen LogP contribution < -0.4 is 10.6 Å². The van der Waals surface area contributed by atoms with E-state index in [9.17, 15) is 14.7 Å². The highest BCUT2D eigenvalue weighted by atomic mass is 16.6. The maximum atomic E-state index is 11.6. The molecule has 3 aliphatic carbocycles. The summed E-state index contributed by atoms with van der Waals surface area (Å²) in [6.07, 6.45) is 20.1. The largest absolute Gasteiger partial charge is 0.480 e. The zero-order valence-corrected chi connectivity index (χ0v) is 20.8. The molecule has 186 valence electrons. The molecule has 0 aromatic rings. The first-order valence-corrected chi connectivity index (χ1v) is 13.2. The van der Waals surface area contributed by atoms with Crippen LogP contribution in [0.15, 0.2) is 0 Å². The second-order valence-electron chi connectivity index (χ2n) is 11.1. The van der Waals surface area contributed by atoms with Crippen LogP contribution in [0, 0.1) is 5.92 Å². The third kappa shape index (κ3) is 11.5. The summed E-state index contributed by atoms with van der Waals surface area (Å²) in [6.45, 7) is 5.26. The Morgan fingerprint density at radius 2 is 1.25 bits per heavy atom. The zero-order valence-electron chi connectivity index (χ0n) is 20.8. The van der Waals surface area contributed by atoms with E-state index < -0.39 is 23.7 Å². The molecule has 0 bridgehead atoms. The summed E-state index contributed by atoms with van der Waals surface area (Å²) in [4.78, 5) is 22.8. The van der Waals surface area contributed by atoms with Crippen molar-refractivity contribution in [1.82, 2.24) is 10.6 Å². The van der Waals surface area contributed by atoms with Crippen LogP contribution in [0.1, 0.15) is 124 Å². The minimum Gasteiger partial charge on any atom is -0.480 e. The van der Waals surface area contributed by atoms with Crippen LogP contribution in [-0.4, -0.2) is 40.9 Å². The zero-order chi connectivity index (χ0) is 23.4. The lowest BCUT2D eigenvalue weighted by molar-refractivity contribution is -0.140. The molecule has 3 aliphatic rings. The number of amides is 1. The summed E-state index contributed by atoms with van der Waals surface area (Å²) in [7, 11) is 0. The molecule has 0 radical (unpaired) electrons. The Labute approximate surface area is 195 Å². The quantitative estimate of drug-likeness (QED) is 0.448. The molecule has 0 aliphatic heterocycles. The standard InChI is InChI=1S/C14H25NO4.C12H23N/c1-14(2,3)19-13(18)15-11(12(16)17)9-10-7-5-4-6-8-10;1-3-7-11(8-4-1)13-12-9-5-2-6-10-12/h10-11H,4-9H2,1-3H3,(H,15,18)(H,16,17);11-13H,1-10H2. The van der Waals surface area contributed by atoms with Crippen LogP contribution in [0.25, 0.3) is 0 Å². The monoisotopic (exact) mass is 452 g/mol. The van der Waals surface area contributed by atoms with E-state index in [1.807, 2.05) is 0 Å². The summed E-state index contributed by atoms with van der Waals surface area (Å²) in [5.74, 6) is -0.596. The number of hydrogen-bond donors (Lipinski definition) is 3. The fourth-order valence-corrected chi connectivity index (χ4v) is 5.30. The second-order valence-corrected chi connectivity index (χ2v) is 11.1. The molecule has 1 unspecified atom stereocenters. The van der Waals surface area contributed by atoms with Gasteiger partial charge in [0, 0.05) is 12.1 Å². The fourth-order valence-electron chi connectivity index (χ4n) is 5.30. The van der Waals surface area contributed by atoms with Crippen LogP contribution in [0.4, 0.5) is 4.79 Å². The van der Waals surface area contributed by atoms with E-state index >= 15 is 0 Å². The molecule has 3 fully saturated rings. The van der Waals surface area contributed by atoms with E-state index in [1.165, 1.54) is 70.6 Å². The van der Waals surface area contributed by atoms with E-state index in [-0.39, 0.29) is 0 Å². The van der Waals surface area contributed by atoms with Crippen molar-refractivity contribution >= 4 is 12.1 Å². The molecule has 0 aromatic heterocycles. The van der Waals surface area contributed by atoms with Crippen LogP contribution in [0.5, 0.6) is 0 Å². The molecule has 32 heavy (non-hydrogen) atoms. The highest BCUT2D eigenvalue weighted by molar-refractivity contribution is 5.80. The van der Waals surface area contributed by atoms with Crippen molar-refractivity contribution in [3.8, 4) is 0 Å². The molecule has 0 aromatic carbocycles. The van der Waals surface area contributed by atoms with Crippen molar-refractivity contribution in [3.05, 3.63) is 0 Å². The Kier molecular flexibility index (Phi) is 11.8. The third-order valence-electron chi connectivity index (χ3n) is 6.96. The Bertz CT molecular complexity index is 527. The SMILES string of the molecule is C1CCC(NC2CCCCC2)CC1.CC(C)(C)OC(=O)NC(CC1CCCCC1)C(=O)O. The van der Waals surface area contributed by atoms with E-state index in [2.05, 4.69) is 10.6 Å². The maximum Gasteiger partial charge on any atom is 0.408 e. The number of rotatable bonds is 6. The maximum absolute atomic E-state index is 11.6. The summed E-state index contributed by atoms with van der Waals surface area (Å²) in [5, 5.41) is 15.5. The van der Waals surface area contributed by atoms with Gasteiger partial charge >= 0.3 is 12.1 Å². The van der Waals surface area contributed by atoms with E-state index in [0.717, 1.165) is 37.8 Å². The van der Waals surface area contributed by atoms with Crippen LogP contribution in [0.3, 0.4) is 0 Å². The van der Waals surface area contributed by atoms with E-state index in [4.69, 9.17) is 4.74 Å². The van der Waals surface area contributed by atoms with Gasteiger partial charge in [-0.1, -0.05) is 70.6 Å². The molecular weight excluding hydrogens is 404 g/mol. The van der Waals surface area contributed by atoms with Crippen LogP contribution >= 0.6 is 0 Å². The van der Waals surface area contributed by atoms with Crippen LogP contribution in [0.2, 0.25) is 0 Å². The van der Waals surface area contributed by atoms with Gasteiger partial charge in [-0.3, -0.25) is 0 Å². The lowest BCUT2D eigenvalue weighted by Gasteiger charge is -2.30. The molecule has 3 saturated carbocycles. The van der Waals surface area contributed by atoms with E-state index in [0.29, 0.717) is 12.3 Å². The number of nitrogens with one attached hydrogen (secondary N) is 2. The number of carboxylic acid groups (broad SMARTS) is 1. The molecule has 3 rings (SSSR count). The summed E-state index contributed by atoms with van der Waals surface area (Å²) < 4.78 is 5.09. The van der Waals surface area contributed by atoms with Crippen molar-refractivity contribution in [3.63, 3.8) is 0 Å². The van der Waals surface area contributed by atoms with Gasteiger partial charge in [-0.15, -0.1) is 0 Å². The van der Waals surface area contributed by atoms with E-state index in [1.54, 1.807) is 20.8 Å². The Hall–Kier alpha value is -1.30. The Balaban J connectivity index is 0.000000242. The number of hydrogen-bond acceptors (Lipinski definition) is 4. The molecule has 6 heteroatoms. The molecule has 1 atom stereocenters. The molecule has 6 nitrogen and oxygen atoms in total. The van der Waals surface area contributed by atoms with Crippen molar-refractivity contribution in [1.29, 1.82) is 0 Å². The summed E-state index contributed by atoms with van der Waals surface area (Å²) in [5.41, 5.74) is -0.613. The Morgan fingerprint density at radius 1 is 0.812 bits per heavy atom. The number of ether oxygens (including phenoxy) is 1.